The van der Waals surface area contributed by atoms with Crippen LogP contribution in [0.2, 0.25) is 0 Å². The predicted molar refractivity (Wildman–Crippen MR) is 73.0 cm³/mol. The number of ether oxygens (including phenoxy) is 1. The number of nitrogens with zero attached hydrogens (tertiary/aromatic N) is 1. The molecule has 0 saturated carbocycles. The molecule has 1 rings (SSSR count). The Morgan fingerprint density at radius 3 is 2.38 bits per heavy atom. The third-order valence-corrected chi connectivity index (χ3v) is 2.43. The van der Waals surface area contributed by atoms with Gasteiger partial charge in [-0.2, -0.15) is 0 Å². The molecule has 0 saturated heterocycles. The van der Waals surface area contributed by atoms with Gasteiger partial charge in [-0.25, -0.2) is 13.6 Å². The number of hydrogen-bond acceptors (Lipinski definition) is 4. The van der Waals surface area contributed by atoms with Crippen LogP contribution < -0.4 is 5.32 Å². The molecule has 0 heterocycles. The van der Waals surface area contributed by atoms with Crippen LogP contribution in [0.15, 0.2) is 35.5 Å². The second-order valence-electron chi connectivity index (χ2n) is 3.82. The van der Waals surface area contributed by atoms with E-state index in [4.69, 9.17) is 4.74 Å². The summed E-state index contributed by atoms with van der Waals surface area (Å²) in [4.78, 5) is 27.0. The van der Waals surface area contributed by atoms with Gasteiger partial charge in [-0.3, -0.25) is 9.79 Å². The highest BCUT2D eigenvalue weighted by Crippen LogP contribution is 2.12. The highest BCUT2D eigenvalue weighted by molar-refractivity contribution is 6.43. The number of aliphatic imine (C=N–C) groups is 1. The van der Waals surface area contributed by atoms with Crippen molar-refractivity contribution in [1.29, 1.82) is 0 Å². The summed E-state index contributed by atoms with van der Waals surface area (Å²) in [5, 5.41) is 2.12. The average molecular weight is 296 g/mol. The molecule has 0 aliphatic rings. The minimum Gasteiger partial charge on any atom is -0.461 e. The van der Waals surface area contributed by atoms with Crippen molar-refractivity contribution >= 4 is 17.6 Å². The summed E-state index contributed by atoms with van der Waals surface area (Å²) in [5.41, 5.74) is -1.21. The Balaban J connectivity index is 2.93. The lowest BCUT2D eigenvalue weighted by atomic mass is 10.1. The molecular weight excluding hydrogens is 282 g/mol. The lowest BCUT2D eigenvalue weighted by Gasteiger charge is -2.11. The Morgan fingerprint density at radius 1 is 1.33 bits per heavy atom. The van der Waals surface area contributed by atoms with Gasteiger partial charge < -0.3 is 10.1 Å². The highest BCUT2D eigenvalue weighted by atomic mass is 19.1. The number of carbonyl (C=O) groups excluding carboxylic acids is 2. The van der Waals surface area contributed by atoms with Gasteiger partial charge in [-0.15, -0.1) is 0 Å². The lowest BCUT2D eigenvalue weighted by molar-refractivity contribution is -0.134. The Morgan fingerprint density at radius 2 is 1.90 bits per heavy atom. The smallest absolute Gasteiger partial charge is 0.358 e. The van der Waals surface area contributed by atoms with E-state index in [1.165, 1.54) is 7.05 Å². The van der Waals surface area contributed by atoms with Crippen molar-refractivity contribution in [2.75, 3.05) is 13.7 Å². The van der Waals surface area contributed by atoms with E-state index in [1.54, 1.807) is 6.92 Å². The molecule has 1 N–H and O–H groups in total. The fourth-order valence-corrected chi connectivity index (χ4v) is 1.52. The fraction of sp³-hybridized carbons (Fsp3) is 0.214. The summed E-state index contributed by atoms with van der Waals surface area (Å²) in [6.45, 7) is 5.16. The fourth-order valence-electron chi connectivity index (χ4n) is 1.52. The lowest BCUT2D eigenvalue weighted by Crippen LogP contribution is -2.32. The maximum atomic E-state index is 13.5. The molecule has 1 aromatic rings. The zero-order valence-electron chi connectivity index (χ0n) is 11.6. The minimum atomic E-state index is -1.07. The molecule has 5 nitrogen and oxygen atoms in total. The Bertz CT molecular complexity index is 592. The van der Waals surface area contributed by atoms with Crippen LogP contribution in [-0.4, -0.2) is 31.2 Å². The van der Waals surface area contributed by atoms with Crippen LogP contribution in [0.25, 0.3) is 0 Å². The van der Waals surface area contributed by atoms with Crippen LogP contribution >= 0.6 is 0 Å². The first kappa shape index (κ1) is 16.5. The van der Waals surface area contributed by atoms with Gasteiger partial charge in [0.1, 0.15) is 17.2 Å². The topological polar surface area (TPSA) is 67.8 Å². The predicted octanol–water partition coefficient (Wildman–Crippen LogP) is 1.84. The largest absolute Gasteiger partial charge is 0.461 e. The van der Waals surface area contributed by atoms with E-state index in [-0.39, 0.29) is 18.0 Å². The highest BCUT2D eigenvalue weighted by Gasteiger charge is 2.21. The molecule has 0 radical (unpaired) electrons. The molecule has 0 aliphatic carbocycles. The number of benzene rings is 1. The number of nitrogens with one attached hydrogen (secondary N) is 1. The number of rotatable bonds is 5. The maximum absolute atomic E-state index is 13.5. The van der Waals surface area contributed by atoms with Crippen molar-refractivity contribution in [1.82, 2.24) is 5.32 Å². The summed E-state index contributed by atoms with van der Waals surface area (Å²) < 4.78 is 31.6. The Kier molecular flexibility index (Phi) is 5.71. The molecule has 21 heavy (non-hydrogen) atoms. The molecule has 1 aromatic carbocycles. The molecule has 0 aromatic heterocycles. The van der Waals surface area contributed by atoms with Gasteiger partial charge in [0.2, 0.25) is 0 Å². The molecule has 0 spiro atoms. The number of esters is 1. The average Bonchev–Trinajstić information content (AvgIpc) is 2.39. The van der Waals surface area contributed by atoms with Crippen molar-refractivity contribution in [2.45, 2.75) is 6.92 Å². The normalized spacial score (nSPS) is 11.0. The molecule has 0 unspecified atom stereocenters. The van der Waals surface area contributed by atoms with Crippen molar-refractivity contribution in [3.05, 3.63) is 47.7 Å². The molecule has 0 fully saturated rings. The second kappa shape index (κ2) is 7.28. The van der Waals surface area contributed by atoms with Crippen LogP contribution in [0.4, 0.5) is 8.78 Å². The summed E-state index contributed by atoms with van der Waals surface area (Å²) >= 11 is 0. The summed E-state index contributed by atoms with van der Waals surface area (Å²) in [6, 6.07) is 3.02. The van der Waals surface area contributed by atoms with Crippen LogP contribution in [0.1, 0.15) is 17.3 Å². The number of amides is 1. The van der Waals surface area contributed by atoms with E-state index in [1.807, 2.05) is 0 Å². The molecule has 112 valence electrons. The van der Waals surface area contributed by atoms with E-state index in [0.29, 0.717) is 0 Å². The van der Waals surface area contributed by atoms with Gasteiger partial charge in [-0.05, 0) is 19.1 Å². The Labute approximate surface area is 120 Å². The molecule has 7 heteroatoms. The van der Waals surface area contributed by atoms with E-state index in [2.05, 4.69) is 16.9 Å². The zero-order valence-corrected chi connectivity index (χ0v) is 11.6. The van der Waals surface area contributed by atoms with Crippen LogP contribution in [0.3, 0.4) is 0 Å². The van der Waals surface area contributed by atoms with Crippen molar-refractivity contribution < 1.29 is 23.1 Å². The molecule has 1 amide bonds. The second-order valence-corrected chi connectivity index (χ2v) is 3.82. The summed E-state index contributed by atoms with van der Waals surface area (Å²) in [5.74, 6) is -3.90. The van der Waals surface area contributed by atoms with Crippen molar-refractivity contribution in [3.63, 3.8) is 0 Å². The maximum Gasteiger partial charge on any atom is 0.358 e. The first-order valence-corrected chi connectivity index (χ1v) is 6.00. The first-order valence-electron chi connectivity index (χ1n) is 6.00. The third kappa shape index (κ3) is 3.95. The number of carbonyl (C=O) groups is 2. The third-order valence-electron chi connectivity index (χ3n) is 2.43. The van der Waals surface area contributed by atoms with Crippen molar-refractivity contribution in [3.8, 4) is 0 Å². The van der Waals surface area contributed by atoms with Gasteiger partial charge in [-0.1, -0.05) is 12.6 Å². The van der Waals surface area contributed by atoms with Crippen LogP contribution in [0.5, 0.6) is 0 Å². The quantitative estimate of drug-likeness (QED) is 0.666. The zero-order chi connectivity index (χ0) is 16.0. The van der Waals surface area contributed by atoms with Crippen molar-refractivity contribution in [2.24, 2.45) is 4.99 Å². The van der Waals surface area contributed by atoms with Crippen LogP contribution in [0, 0.1) is 11.6 Å². The van der Waals surface area contributed by atoms with Gasteiger partial charge >= 0.3 is 5.97 Å². The number of hydrogen-bond donors (Lipinski definition) is 1. The van der Waals surface area contributed by atoms with E-state index >= 15 is 0 Å². The standard InChI is InChI=1S/C14H14F2N2O3/c1-4-21-14(20)12(17-3)8(2)18-13(19)11-9(15)6-5-7-10(11)16/h5-7H,2,4H2,1,3H3,(H,18,19). The van der Waals surface area contributed by atoms with Gasteiger partial charge in [0, 0.05) is 7.05 Å². The van der Waals surface area contributed by atoms with E-state index in [9.17, 15) is 18.4 Å². The van der Waals surface area contributed by atoms with Gasteiger partial charge in [0.05, 0.1) is 12.3 Å². The summed E-state index contributed by atoms with van der Waals surface area (Å²) in [7, 11) is 1.30. The van der Waals surface area contributed by atoms with E-state index in [0.717, 1.165) is 18.2 Å². The minimum absolute atomic E-state index is 0.112. The molecule has 0 aliphatic heterocycles. The molecule has 0 atom stereocenters. The van der Waals surface area contributed by atoms with E-state index < -0.39 is 29.1 Å². The Hall–Kier alpha value is -2.57. The molecule has 0 bridgehead atoms. The number of halogens is 2. The summed E-state index contributed by atoms with van der Waals surface area (Å²) in [6.07, 6.45) is 0. The molecular formula is C14H14F2N2O3. The van der Waals surface area contributed by atoms with Gasteiger partial charge in [0.15, 0.2) is 5.71 Å². The van der Waals surface area contributed by atoms with Gasteiger partial charge in [0.25, 0.3) is 5.91 Å². The monoisotopic (exact) mass is 296 g/mol. The first-order chi connectivity index (χ1) is 9.92. The van der Waals surface area contributed by atoms with Crippen LogP contribution in [-0.2, 0) is 9.53 Å². The SMILES string of the molecule is C=C(NC(=O)c1c(F)cccc1F)C(=NC)C(=O)OCC.